The second kappa shape index (κ2) is 10.1. The van der Waals surface area contributed by atoms with Crippen LogP contribution in [0.5, 0.6) is 0 Å². The molecule has 3 aromatic rings. The Morgan fingerprint density at radius 2 is 1.80 bits per heavy atom. The predicted molar refractivity (Wildman–Crippen MR) is 123 cm³/mol. The van der Waals surface area contributed by atoms with E-state index in [4.69, 9.17) is 4.42 Å². The van der Waals surface area contributed by atoms with Gasteiger partial charge in [-0.25, -0.2) is 9.18 Å². The summed E-state index contributed by atoms with van der Waals surface area (Å²) in [6.45, 7) is 3.16. The predicted octanol–water partition coefficient (Wildman–Crippen LogP) is 5.11. The van der Waals surface area contributed by atoms with Crippen LogP contribution >= 0.6 is 0 Å². The van der Waals surface area contributed by atoms with E-state index < -0.39 is 18.1 Å². The number of hydrogen-bond acceptors (Lipinski definition) is 5. The first-order valence-electron chi connectivity index (χ1n) is 11.7. The lowest BCUT2D eigenvalue weighted by atomic mass is 9.91. The number of rotatable bonds is 6. The van der Waals surface area contributed by atoms with E-state index in [0.717, 1.165) is 18.7 Å². The number of halogens is 3. The van der Waals surface area contributed by atoms with Crippen molar-refractivity contribution < 1.29 is 22.4 Å². The summed E-state index contributed by atoms with van der Waals surface area (Å²) in [4.78, 5) is 19.4. The van der Waals surface area contributed by atoms with Crippen molar-refractivity contribution in [3.63, 3.8) is 0 Å². The molecule has 2 heterocycles. The van der Waals surface area contributed by atoms with E-state index in [1.165, 1.54) is 31.4 Å². The van der Waals surface area contributed by atoms with Crippen LogP contribution in [-0.2, 0) is 6.54 Å². The van der Waals surface area contributed by atoms with Crippen LogP contribution in [0.1, 0.15) is 37.1 Å². The van der Waals surface area contributed by atoms with Crippen LogP contribution in [0.25, 0.3) is 11.5 Å². The molecule has 5 rings (SSSR count). The zero-order valence-corrected chi connectivity index (χ0v) is 19.1. The van der Waals surface area contributed by atoms with E-state index in [9.17, 15) is 18.0 Å². The summed E-state index contributed by atoms with van der Waals surface area (Å²) in [5.41, 5.74) is 1.75. The smallest absolute Gasteiger partial charge is 0.324 e. The standard InChI is InChI=1S/C25H26F3N5O2/c26-19-3-1-6-21(15-19)33(25(34)32-13-11-31(12-14-32)20-4-2-5-20)16-17-7-9-18(10-8-17)23-29-30-24(35-23)22(27)28/h1,3,6-10,15,20,22H,2,4-5,11-14,16H2. The van der Waals surface area contributed by atoms with Gasteiger partial charge in [-0.3, -0.25) is 9.80 Å². The number of carbonyl (C=O) groups is 1. The molecule has 0 unspecified atom stereocenters. The summed E-state index contributed by atoms with van der Waals surface area (Å²) in [6.07, 6.45) is 0.895. The third-order valence-electron chi connectivity index (χ3n) is 6.70. The van der Waals surface area contributed by atoms with Gasteiger partial charge >= 0.3 is 12.5 Å². The van der Waals surface area contributed by atoms with Gasteiger partial charge < -0.3 is 9.32 Å². The molecule has 1 aliphatic heterocycles. The van der Waals surface area contributed by atoms with Crippen LogP contribution in [0.3, 0.4) is 0 Å². The number of hydrogen-bond donors (Lipinski definition) is 0. The number of aromatic nitrogens is 2. The zero-order chi connectivity index (χ0) is 24.4. The molecular weight excluding hydrogens is 459 g/mol. The molecule has 0 radical (unpaired) electrons. The SMILES string of the molecule is O=C(N1CCN(C2CCC2)CC1)N(Cc1ccc(-c2nnc(C(F)F)o2)cc1)c1cccc(F)c1. The molecule has 35 heavy (non-hydrogen) atoms. The van der Waals surface area contributed by atoms with Crippen molar-refractivity contribution in [1.82, 2.24) is 20.0 Å². The largest absolute Gasteiger partial charge is 0.415 e. The van der Waals surface area contributed by atoms with E-state index >= 15 is 0 Å². The van der Waals surface area contributed by atoms with Crippen LogP contribution < -0.4 is 4.90 Å². The van der Waals surface area contributed by atoms with Gasteiger partial charge in [0.15, 0.2) is 0 Å². The van der Waals surface area contributed by atoms with Gasteiger partial charge in [-0.15, -0.1) is 10.2 Å². The highest BCUT2D eigenvalue weighted by atomic mass is 19.3. The fraction of sp³-hybridized carbons (Fsp3) is 0.400. The molecule has 0 spiro atoms. The summed E-state index contributed by atoms with van der Waals surface area (Å²) in [5.74, 6) is -1.16. The summed E-state index contributed by atoms with van der Waals surface area (Å²) < 4.78 is 44.5. The highest BCUT2D eigenvalue weighted by Gasteiger charge is 2.31. The molecule has 7 nitrogen and oxygen atoms in total. The Bertz CT molecular complexity index is 1160. The highest BCUT2D eigenvalue weighted by molar-refractivity contribution is 5.92. The molecule has 184 valence electrons. The molecule has 2 aromatic carbocycles. The van der Waals surface area contributed by atoms with Gasteiger partial charge in [-0.05, 0) is 48.7 Å². The van der Waals surface area contributed by atoms with Crippen molar-refractivity contribution in [2.24, 2.45) is 0 Å². The maximum Gasteiger partial charge on any atom is 0.324 e. The first-order valence-corrected chi connectivity index (χ1v) is 11.7. The van der Waals surface area contributed by atoms with Crippen LogP contribution in [0, 0.1) is 5.82 Å². The highest BCUT2D eigenvalue weighted by Crippen LogP contribution is 2.27. The first kappa shape index (κ1) is 23.3. The van der Waals surface area contributed by atoms with Crippen molar-refractivity contribution >= 4 is 11.7 Å². The van der Waals surface area contributed by atoms with E-state index in [1.54, 1.807) is 41.3 Å². The number of anilines is 1. The quantitative estimate of drug-likeness (QED) is 0.486. The topological polar surface area (TPSA) is 65.7 Å². The lowest BCUT2D eigenvalue weighted by Crippen LogP contribution is -2.56. The van der Waals surface area contributed by atoms with E-state index in [1.807, 2.05) is 4.90 Å². The summed E-state index contributed by atoms with van der Waals surface area (Å²) in [6, 6.07) is 13.3. The molecule has 2 fully saturated rings. The van der Waals surface area contributed by atoms with E-state index in [0.29, 0.717) is 30.4 Å². The Kier molecular flexibility index (Phi) is 6.72. The lowest BCUT2D eigenvalue weighted by Gasteiger charge is -2.43. The third kappa shape index (κ3) is 5.17. The van der Waals surface area contributed by atoms with Gasteiger partial charge in [0.1, 0.15) is 5.82 Å². The monoisotopic (exact) mass is 485 g/mol. The molecule has 2 amide bonds. The summed E-state index contributed by atoms with van der Waals surface area (Å²) >= 11 is 0. The number of piperazine rings is 1. The number of amides is 2. The molecule has 1 aromatic heterocycles. The molecule has 0 bridgehead atoms. The molecule has 1 aliphatic carbocycles. The van der Waals surface area contributed by atoms with E-state index in [2.05, 4.69) is 15.1 Å². The Labute approximate surface area is 201 Å². The van der Waals surface area contributed by atoms with Crippen molar-refractivity contribution in [3.8, 4) is 11.5 Å². The Morgan fingerprint density at radius 3 is 2.40 bits per heavy atom. The Balaban J connectivity index is 1.32. The van der Waals surface area contributed by atoms with Gasteiger partial charge in [0.05, 0.1) is 6.54 Å². The van der Waals surface area contributed by atoms with Crippen molar-refractivity contribution in [3.05, 3.63) is 65.8 Å². The minimum absolute atomic E-state index is 0.00533. The molecule has 1 saturated heterocycles. The molecule has 2 aliphatic rings. The van der Waals surface area contributed by atoms with Crippen LogP contribution in [0.2, 0.25) is 0 Å². The lowest BCUT2D eigenvalue weighted by molar-refractivity contribution is 0.0744. The van der Waals surface area contributed by atoms with E-state index in [-0.39, 0.29) is 18.5 Å². The molecular formula is C25H26F3N5O2. The number of nitrogens with zero attached hydrogens (tertiary/aromatic N) is 5. The average Bonchev–Trinajstić information content (AvgIpc) is 3.33. The molecule has 10 heteroatoms. The number of carbonyl (C=O) groups excluding carboxylic acids is 1. The average molecular weight is 486 g/mol. The minimum Gasteiger partial charge on any atom is -0.415 e. The third-order valence-corrected chi connectivity index (χ3v) is 6.70. The van der Waals surface area contributed by atoms with Gasteiger partial charge in [0.25, 0.3) is 5.89 Å². The van der Waals surface area contributed by atoms with Gasteiger partial charge in [-0.1, -0.05) is 24.6 Å². The molecule has 0 N–H and O–H groups in total. The fourth-order valence-corrected chi connectivity index (χ4v) is 4.49. The molecule has 1 saturated carbocycles. The normalized spacial score (nSPS) is 17.0. The van der Waals surface area contributed by atoms with Crippen molar-refractivity contribution in [2.75, 3.05) is 31.1 Å². The minimum atomic E-state index is -2.84. The zero-order valence-electron chi connectivity index (χ0n) is 19.1. The fourth-order valence-electron chi connectivity index (χ4n) is 4.49. The second-order valence-corrected chi connectivity index (χ2v) is 8.90. The summed E-state index contributed by atoms with van der Waals surface area (Å²) in [7, 11) is 0. The summed E-state index contributed by atoms with van der Waals surface area (Å²) in [5, 5.41) is 7.01. The Morgan fingerprint density at radius 1 is 1.06 bits per heavy atom. The number of alkyl halides is 2. The molecule has 0 atom stereocenters. The van der Waals surface area contributed by atoms with Gasteiger partial charge in [0.2, 0.25) is 5.89 Å². The first-order chi connectivity index (χ1) is 17.0. The van der Waals surface area contributed by atoms with Gasteiger partial charge in [0, 0.05) is 43.5 Å². The van der Waals surface area contributed by atoms with Crippen molar-refractivity contribution in [1.29, 1.82) is 0 Å². The number of benzene rings is 2. The maximum absolute atomic E-state index is 14.0. The number of urea groups is 1. The second-order valence-electron chi connectivity index (χ2n) is 8.90. The van der Waals surface area contributed by atoms with Crippen LogP contribution in [0.4, 0.5) is 23.7 Å². The van der Waals surface area contributed by atoms with Crippen LogP contribution in [-0.4, -0.2) is 58.2 Å². The van der Waals surface area contributed by atoms with Crippen molar-refractivity contribution in [2.45, 2.75) is 38.3 Å². The Hall–Kier alpha value is -3.40. The maximum atomic E-state index is 14.0. The van der Waals surface area contributed by atoms with Crippen LogP contribution in [0.15, 0.2) is 52.9 Å². The van der Waals surface area contributed by atoms with Gasteiger partial charge in [-0.2, -0.15) is 8.78 Å².